The second-order valence-corrected chi connectivity index (χ2v) is 10.7. The molecule has 220 valence electrons. The molecule has 4 aromatic carbocycles. The fraction of sp³-hybridized carbons (Fsp3) is 0.0938. The van der Waals surface area contributed by atoms with E-state index >= 15 is 0 Å². The fourth-order valence-corrected chi connectivity index (χ4v) is 4.71. The van der Waals surface area contributed by atoms with Crippen LogP contribution < -0.4 is 16.0 Å². The first-order valence-corrected chi connectivity index (χ1v) is 13.8. The summed E-state index contributed by atoms with van der Waals surface area (Å²) in [6.07, 6.45) is -3.13. The number of amides is 3. The molecule has 0 fully saturated rings. The smallest absolute Gasteiger partial charge is 0.325 e. The van der Waals surface area contributed by atoms with Crippen LogP contribution in [0.25, 0.3) is 6.08 Å². The molecule has 43 heavy (non-hydrogen) atoms. The first-order valence-electron chi connectivity index (χ1n) is 12.9. The van der Waals surface area contributed by atoms with Crippen LogP contribution in [0, 0.1) is 5.82 Å². The highest BCUT2D eigenvalue weighted by Gasteiger charge is 2.30. The van der Waals surface area contributed by atoms with Crippen molar-refractivity contribution in [3.63, 3.8) is 0 Å². The predicted octanol–water partition coefficient (Wildman–Crippen LogP) is 7.37. The molecule has 4 rings (SSSR count). The molecule has 11 heteroatoms. The Hall–Kier alpha value is -4.90. The van der Waals surface area contributed by atoms with Gasteiger partial charge < -0.3 is 16.0 Å². The second kappa shape index (κ2) is 13.8. The van der Waals surface area contributed by atoms with Crippen LogP contribution in [-0.2, 0) is 15.8 Å². The maximum absolute atomic E-state index is 13.4. The zero-order valence-corrected chi connectivity index (χ0v) is 23.4. The first kappa shape index (κ1) is 31.0. The summed E-state index contributed by atoms with van der Waals surface area (Å²) in [6.45, 7) is 1.60. The molecule has 1 unspecified atom stereocenters. The Morgan fingerprint density at radius 2 is 1.44 bits per heavy atom. The maximum atomic E-state index is 13.4. The lowest BCUT2D eigenvalue weighted by atomic mass is 10.1. The summed E-state index contributed by atoms with van der Waals surface area (Å²) in [6, 6.07) is 24.6. The molecule has 0 aliphatic heterocycles. The van der Waals surface area contributed by atoms with Crippen LogP contribution in [-0.4, -0.2) is 23.0 Å². The molecule has 0 heterocycles. The maximum Gasteiger partial charge on any atom is 0.416 e. The molecule has 6 nitrogen and oxygen atoms in total. The van der Waals surface area contributed by atoms with E-state index in [-0.39, 0.29) is 11.4 Å². The van der Waals surface area contributed by atoms with E-state index in [1.54, 1.807) is 61.5 Å². The molecule has 1 atom stereocenters. The summed E-state index contributed by atoms with van der Waals surface area (Å²) in [5.74, 6) is -2.13. The van der Waals surface area contributed by atoms with Crippen molar-refractivity contribution in [1.82, 2.24) is 5.32 Å². The first-order chi connectivity index (χ1) is 20.5. The molecule has 0 spiro atoms. The van der Waals surface area contributed by atoms with Gasteiger partial charge in [0.2, 0.25) is 5.91 Å². The van der Waals surface area contributed by atoms with Crippen LogP contribution in [0.1, 0.15) is 28.4 Å². The average molecular weight is 608 g/mol. The summed E-state index contributed by atoms with van der Waals surface area (Å²) in [7, 11) is 0. The molecule has 3 amide bonds. The van der Waals surface area contributed by atoms with E-state index < -0.39 is 40.5 Å². The third-order valence-electron chi connectivity index (χ3n) is 5.94. The summed E-state index contributed by atoms with van der Waals surface area (Å²) < 4.78 is 52.4. The van der Waals surface area contributed by atoms with Crippen LogP contribution in [0.15, 0.2) is 114 Å². The summed E-state index contributed by atoms with van der Waals surface area (Å²) in [5.41, 5.74) is 0.223. The van der Waals surface area contributed by atoms with Crippen LogP contribution in [0.2, 0.25) is 0 Å². The molecule has 0 bridgehead atoms. The Kier molecular flexibility index (Phi) is 9.99. The number of anilines is 2. The van der Waals surface area contributed by atoms with Gasteiger partial charge >= 0.3 is 6.18 Å². The van der Waals surface area contributed by atoms with Crippen LogP contribution in [0.5, 0.6) is 0 Å². The molecule has 3 N–H and O–H groups in total. The number of benzene rings is 4. The van der Waals surface area contributed by atoms with Crippen molar-refractivity contribution < 1.29 is 31.9 Å². The van der Waals surface area contributed by atoms with E-state index in [1.165, 1.54) is 42.5 Å². The number of alkyl halides is 3. The predicted molar refractivity (Wildman–Crippen MR) is 159 cm³/mol. The summed E-state index contributed by atoms with van der Waals surface area (Å²) >= 11 is 1.14. The van der Waals surface area contributed by atoms with Crippen molar-refractivity contribution in [1.29, 1.82) is 0 Å². The van der Waals surface area contributed by atoms with Gasteiger partial charge in [-0.1, -0.05) is 42.5 Å². The number of nitrogens with one attached hydrogen (secondary N) is 3. The zero-order valence-electron chi connectivity index (χ0n) is 22.6. The van der Waals surface area contributed by atoms with Gasteiger partial charge in [-0.05, 0) is 79.2 Å². The number of halogens is 4. The molecule has 4 aromatic rings. The van der Waals surface area contributed by atoms with Gasteiger partial charge in [-0.25, -0.2) is 4.39 Å². The van der Waals surface area contributed by atoms with Gasteiger partial charge in [-0.3, -0.25) is 14.4 Å². The SMILES string of the molecule is CC(Sc1cccc(NC(=O)/C(=C/c2ccc(F)cc2)NC(=O)c2ccccc2)c1)C(=O)Nc1cccc(C(F)(F)F)c1. The topological polar surface area (TPSA) is 87.3 Å². The molecule has 0 radical (unpaired) electrons. The lowest BCUT2D eigenvalue weighted by Crippen LogP contribution is -2.30. The Morgan fingerprint density at radius 3 is 2.12 bits per heavy atom. The van der Waals surface area contributed by atoms with E-state index in [4.69, 9.17) is 0 Å². The Balaban J connectivity index is 1.46. The minimum Gasteiger partial charge on any atom is -0.325 e. The number of hydrogen-bond acceptors (Lipinski definition) is 4. The van der Waals surface area contributed by atoms with Crippen LogP contribution >= 0.6 is 11.8 Å². The Labute approximate surface area is 249 Å². The minimum absolute atomic E-state index is 0.0197. The molecule has 0 aromatic heterocycles. The van der Waals surface area contributed by atoms with E-state index in [9.17, 15) is 31.9 Å². The number of hydrogen-bond donors (Lipinski definition) is 3. The minimum atomic E-state index is -4.54. The second-order valence-electron chi connectivity index (χ2n) is 9.24. The van der Waals surface area contributed by atoms with Crippen LogP contribution in [0.4, 0.5) is 28.9 Å². The van der Waals surface area contributed by atoms with E-state index in [0.717, 1.165) is 23.9 Å². The summed E-state index contributed by atoms with van der Waals surface area (Å²) in [4.78, 5) is 39.4. The van der Waals surface area contributed by atoms with Crippen molar-refractivity contribution in [2.75, 3.05) is 10.6 Å². The molecule has 0 saturated heterocycles. The van der Waals surface area contributed by atoms with Gasteiger partial charge in [-0.15, -0.1) is 11.8 Å². The highest BCUT2D eigenvalue weighted by atomic mass is 32.2. The molecule has 0 aliphatic rings. The Morgan fingerprint density at radius 1 is 0.791 bits per heavy atom. The highest BCUT2D eigenvalue weighted by molar-refractivity contribution is 8.00. The number of thioether (sulfide) groups is 1. The number of rotatable bonds is 9. The van der Waals surface area contributed by atoms with Crippen molar-refractivity contribution in [3.05, 3.63) is 131 Å². The number of carbonyl (C=O) groups is 3. The van der Waals surface area contributed by atoms with E-state index in [2.05, 4.69) is 16.0 Å². The summed E-state index contributed by atoms with van der Waals surface area (Å²) in [5, 5.41) is 7.12. The third-order valence-corrected chi connectivity index (χ3v) is 7.03. The monoisotopic (exact) mass is 607 g/mol. The molecule has 0 saturated carbocycles. The molecule has 0 aliphatic carbocycles. The quantitative estimate of drug-likeness (QED) is 0.105. The van der Waals surface area contributed by atoms with Crippen molar-refractivity contribution >= 4 is 46.9 Å². The van der Waals surface area contributed by atoms with Gasteiger partial charge in [0.1, 0.15) is 11.5 Å². The lowest BCUT2D eigenvalue weighted by molar-refractivity contribution is -0.137. The normalized spacial score (nSPS) is 12.3. The standard InChI is InChI=1S/C32H25F4N3O3S/c1-20(29(40)37-25-10-5-9-23(18-25)32(34,35)36)43-27-12-6-11-26(19-27)38-31(42)28(17-21-13-15-24(33)16-14-21)39-30(41)22-7-3-2-4-8-22/h2-20H,1H3,(H,37,40)(H,38,42)(H,39,41)/b28-17-. The van der Waals surface area contributed by atoms with Gasteiger partial charge in [0.25, 0.3) is 11.8 Å². The van der Waals surface area contributed by atoms with Gasteiger partial charge in [0, 0.05) is 21.8 Å². The number of carbonyl (C=O) groups excluding carboxylic acids is 3. The molecular formula is C32H25F4N3O3S. The zero-order chi connectivity index (χ0) is 31.0. The largest absolute Gasteiger partial charge is 0.416 e. The van der Waals surface area contributed by atoms with Crippen LogP contribution in [0.3, 0.4) is 0 Å². The van der Waals surface area contributed by atoms with Crippen molar-refractivity contribution in [2.24, 2.45) is 0 Å². The van der Waals surface area contributed by atoms with Crippen molar-refractivity contribution in [2.45, 2.75) is 23.2 Å². The van der Waals surface area contributed by atoms with Gasteiger partial charge in [-0.2, -0.15) is 13.2 Å². The van der Waals surface area contributed by atoms with E-state index in [1.807, 2.05) is 0 Å². The van der Waals surface area contributed by atoms with E-state index in [0.29, 0.717) is 21.7 Å². The average Bonchev–Trinajstić information content (AvgIpc) is 2.98. The molecular weight excluding hydrogens is 582 g/mol. The van der Waals surface area contributed by atoms with Crippen molar-refractivity contribution in [3.8, 4) is 0 Å². The van der Waals surface area contributed by atoms with Gasteiger partial charge in [0.05, 0.1) is 10.8 Å². The third kappa shape index (κ3) is 9.04. The fourth-order valence-electron chi connectivity index (χ4n) is 3.79. The Bertz CT molecular complexity index is 1640. The van der Waals surface area contributed by atoms with Gasteiger partial charge in [0.15, 0.2) is 0 Å². The highest BCUT2D eigenvalue weighted by Crippen LogP contribution is 2.31. The lowest BCUT2D eigenvalue weighted by Gasteiger charge is -2.15.